The van der Waals surface area contributed by atoms with E-state index in [1.807, 2.05) is 19.9 Å². The number of benzene rings is 3. The Morgan fingerprint density at radius 1 is 1.22 bits per heavy atom. The Labute approximate surface area is 226 Å². The fraction of sp³-hybridized carbons (Fsp3) is 0.185. The molecule has 3 aromatic carbocycles. The van der Waals surface area contributed by atoms with Crippen molar-refractivity contribution in [2.24, 2.45) is 5.10 Å². The molecular weight excluding hydrogens is 562 g/mol. The zero-order chi connectivity index (χ0) is 26.7. The van der Waals surface area contributed by atoms with Crippen molar-refractivity contribution in [3.63, 3.8) is 0 Å². The number of methoxy groups -OCH3 is 1. The van der Waals surface area contributed by atoms with Gasteiger partial charge in [-0.15, -0.1) is 0 Å². The Kier molecular flexibility index (Phi) is 7.94. The molecule has 37 heavy (non-hydrogen) atoms. The van der Waals surface area contributed by atoms with Crippen molar-refractivity contribution in [1.29, 1.82) is 0 Å². The first-order valence-corrected chi connectivity index (χ1v) is 12.4. The third kappa shape index (κ3) is 5.84. The van der Waals surface area contributed by atoms with Crippen LogP contribution in [0.5, 0.6) is 11.5 Å². The van der Waals surface area contributed by atoms with Crippen molar-refractivity contribution in [1.82, 2.24) is 9.66 Å². The Balaban J connectivity index is 1.66. The lowest BCUT2D eigenvalue weighted by Crippen LogP contribution is -2.23. The molecule has 10 heteroatoms. The second-order valence-corrected chi connectivity index (χ2v) is 9.80. The van der Waals surface area contributed by atoms with Crippen molar-refractivity contribution >= 4 is 50.6 Å². The molecule has 0 spiro atoms. The molecule has 190 valence electrons. The molecule has 1 heterocycles. The molecule has 1 aromatic heterocycles. The topological polar surface area (TPSA) is 103 Å². The molecule has 0 amide bonds. The minimum Gasteiger partial charge on any atom is -0.493 e. The molecule has 8 nitrogen and oxygen atoms in total. The number of hydrogen-bond donors (Lipinski definition) is 1. The standard InChI is InChI=1S/C27H23BrClN3O5/c1-15(2)25-31-22-8-7-19(28)12-20(22)26(33)32(25)30-13-17-10-21(29)24(23(11-17)36-3)37-14-16-5-4-6-18(9-16)27(34)35/h4-13,15H,14H2,1-3H3,(H,34,35). The van der Waals surface area contributed by atoms with Crippen molar-refractivity contribution in [2.75, 3.05) is 7.11 Å². The number of rotatable bonds is 8. The smallest absolute Gasteiger partial charge is 0.335 e. The number of ether oxygens (including phenoxy) is 2. The summed E-state index contributed by atoms with van der Waals surface area (Å²) in [6.45, 7) is 3.98. The van der Waals surface area contributed by atoms with Crippen LogP contribution >= 0.6 is 27.5 Å². The summed E-state index contributed by atoms with van der Waals surface area (Å²) in [5.41, 5.74) is 1.73. The molecule has 0 unspecified atom stereocenters. The van der Waals surface area contributed by atoms with Gasteiger partial charge in [-0.1, -0.05) is 53.5 Å². The summed E-state index contributed by atoms with van der Waals surface area (Å²) in [7, 11) is 1.48. The Morgan fingerprint density at radius 2 is 2.00 bits per heavy atom. The van der Waals surface area contributed by atoms with Gasteiger partial charge < -0.3 is 14.6 Å². The van der Waals surface area contributed by atoms with Crippen LogP contribution in [-0.4, -0.2) is 34.1 Å². The van der Waals surface area contributed by atoms with Gasteiger partial charge in [0.2, 0.25) is 0 Å². The van der Waals surface area contributed by atoms with Crippen LogP contribution in [0.25, 0.3) is 10.9 Å². The molecule has 0 aliphatic carbocycles. The van der Waals surface area contributed by atoms with Crippen molar-refractivity contribution in [2.45, 2.75) is 26.4 Å². The summed E-state index contributed by atoms with van der Waals surface area (Å²) in [4.78, 5) is 29.1. The van der Waals surface area contributed by atoms with Gasteiger partial charge >= 0.3 is 5.97 Å². The van der Waals surface area contributed by atoms with E-state index in [-0.39, 0.29) is 28.7 Å². The minimum absolute atomic E-state index is 0.0496. The van der Waals surface area contributed by atoms with E-state index in [2.05, 4.69) is 26.0 Å². The maximum atomic E-state index is 13.2. The maximum Gasteiger partial charge on any atom is 0.335 e. The summed E-state index contributed by atoms with van der Waals surface area (Å²) < 4.78 is 13.4. The summed E-state index contributed by atoms with van der Waals surface area (Å²) in [5.74, 6) is 0.124. The van der Waals surface area contributed by atoms with Crippen molar-refractivity contribution in [3.05, 3.63) is 97.0 Å². The molecule has 0 aliphatic heterocycles. The third-order valence-electron chi connectivity index (χ3n) is 5.48. The van der Waals surface area contributed by atoms with Gasteiger partial charge in [-0.3, -0.25) is 4.79 Å². The van der Waals surface area contributed by atoms with E-state index < -0.39 is 5.97 Å². The predicted molar refractivity (Wildman–Crippen MR) is 147 cm³/mol. The lowest BCUT2D eigenvalue weighted by atomic mass is 10.1. The Morgan fingerprint density at radius 3 is 2.70 bits per heavy atom. The number of fused-ring (bicyclic) bond motifs is 1. The van der Waals surface area contributed by atoms with E-state index in [1.165, 1.54) is 30.1 Å². The highest BCUT2D eigenvalue weighted by Crippen LogP contribution is 2.36. The minimum atomic E-state index is -1.02. The predicted octanol–water partition coefficient (Wildman–Crippen LogP) is 6.10. The quantitative estimate of drug-likeness (QED) is 0.251. The fourth-order valence-corrected chi connectivity index (χ4v) is 4.31. The van der Waals surface area contributed by atoms with Crippen molar-refractivity contribution < 1.29 is 19.4 Å². The molecule has 0 atom stereocenters. The van der Waals surface area contributed by atoms with Gasteiger partial charge in [-0.2, -0.15) is 9.78 Å². The number of carboxylic acid groups (broad SMARTS) is 1. The zero-order valence-corrected chi connectivity index (χ0v) is 22.6. The average molecular weight is 585 g/mol. The normalized spacial score (nSPS) is 11.4. The van der Waals surface area contributed by atoms with Gasteiger partial charge in [0.25, 0.3) is 5.56 Å². The van der Waals surface area contributed by atoms with Crippen LogP contribution in [0.4, 0.5) is 0 Å². The first-order chi connectivity index (χ1) is 17.7. The number of carbonyl (C=O) groups is 1. The Bertz CT molecular complexity index is 1580. The first-order valence-electron chi connectivity index (χ1n) is 11.3. The number of aromatic carboxylic acids is 1. The molecule has 0 saturated carbocycles. The van der Waals surface area contributed by atoms with Gasteiger partial charge in [0, 0.05) is 10.4 Å². The second-order valence-electron chi connectivity index (χ2n) is 8.48. The van der Waals surface area contributed by atoms with E-state index in [1.54, 1.807) is 36.4 Å². The van der Waals surface area contributed by atoms with E-state index in [0.717, 1.165) is 4.47 Å². The van der Waals surface area contributed by atoms with Crippen LogP contribution in [0.1, 0.15) is 47.1 Å². The molecule has 0 saturated heterocycles. The van der Waals surface area contributed by atoms with Gasteiger partial charge in [0.05, 0.1) is 34.8 Å². The molecule has 0 radical (unpaired) electrons. The maximum absolute atomic E-state index is 13.2. The molecule has 4 rings (SSSR count). The molecular formula is C27H23BrClN3O5. The van der Waals surface area contributed by atoms with Crippen LogP contribution in [-0.2, 0) is 6.61 Å². The largest absolute Gasteiger partial charge is 0.493 e. The van der Waals surface area contributed by atoms with Crippen LogP contribution in [0.3, 0.4) is 0 Å². The second kappa shape index (κ2) is 11.1. The van der Waals surface area contributed by atoms with Gasteiger partial charge in [0.15, 0.2) is 11.5 Å². The van der Waals surface area contributed by atoms with Crippen LogP contribution in [0.2, 0.25) is 5.02 Å². The summed E-state index contributed by atoms with van der Waals surface area (Å²) in [6, 6.07) is 15.1. The SMILES string of the molecule is COc1cc(C=Nn2c(C(C)C)nc3ccc(Br)cc3c2=O)cc(Cl)c1OCc1cccc(C(=O)O)c1. The summed E-state index contributed by atoms with van der Waals surface area (Å²) in [6.07, 6.45) is 1.51. The molecule has 0 fully saturated rings. The lowest BCUT2D eigenvalue weighted by Gasteiger charge is -2.14. The zero-order valence-electron chi connectivity index (χ0n) is 20.2. The summed E-state index contributed by atoms with van der Waals surface area (Å²) >= 11 is 9.91. The number of carboxylic acids is 1. The summed E-state index contributed by atoms with van der Waals surface area (Å²) in [5, 5.41) is 14.3. The van der Waals surface area contributed by atoms with E-state index in [9.17, 15) is 14.7 Å². The fourth-order valence-electron chi connectivity index (χ4n) is 3.68. The highest BCUT2D eigenvalue weighted by atomic mass is 79.9. The van der Waals surface area contributed by atoms with Crippen LogP contribution in [0.15, 0.2) is 69.0 Å². The number of hydrogen-bond acceptors (Lipinski definition) is 6. The number of aromatic nitrogens is 2. The van der Waals surface area contributed by atoms with E-state index in [4.69, 9.17) is 21.1 Å². The van der Waals surface area contributed by atoms with Crippen LogP contribution in [0, 0.1) is 0 Å². The molecule has 0 bridgehead atoms. The molecule has 0 aliphatic rings. The number of halogens is 2. The van der Waals surface area contributed by atoms with Gasteiger partial charge in [0.1, 0.15) is 12.4 Å². The van der Waals surface area contributed by atoms with E-state index in [0.29, 0.717) is 39.4 Å². The first kappa shape index (κ1) is 26.4. The van der Waals surface area contributed by atoms with Gasteiger partial charge in [-0.05, 0) is 53.6 Å². The molecule has 4 aromatic rings. The van der Waals surface area contributed by atoms with E-state index >= 15 is 0 Å². The average Bonchev–Trinajstić information content (AvgIpc) is 2.87. The van der Waals surface area contributed by atoms with Gasteiger partial charge in [-0.25, -0.2) is 9.78 Å². The highest BCUT2D eigenvalue weighted by molar-refractivity contribution is 9.10. The number of nitrogens with zero attached hydrogens (tertiary/aromatic N) is 3. The Hall–Kier alpha value is -3.69. The third-order valence-corrected chi connectivity index (χ3v) is 6.25. The lowest BCUT2D eigenvalue weighted by molar-refractivity contribution is 0.0696. The monoisotopic (exact) mass is 583 g/mol. The van der Waals surface area contributed by atoms with Crippen molar-refractivity contribution in [3.8, 4) is 11.5 Å². The van der Waals surface area contributed by atoms with Crippen LogP contribution < -0.4 is 15.0 Å². The highest BCUT2D eigenvalue weighted by Gasteiger charge is 2.15. The molecule has 1 N–H and O–H groups in total.